The largest absolute Gasteiger partial charge is 0.415 e. The Morgan fingerprint density at radius 3 is 2.52 bits per heavy atom. The Hall–Kier alpha value is -3.00. The van der Waals surface area contributed by atoms with E-state index in [2.05, 4.69) is 0 Å². The van der Waals surface area contributed by atoms with Gasteiger partial charge in [-0.25, -0.2) is 9.18 Å². The molecule has 0 radical (unpaired) electrons. The summed E-state index contributed by atoms with van der Waals surface area (Å²) in [5.41, 5.74) is 0.691. The number of non-ortho nitro benzene ring substituents is 1. The number of nitrogens with zero attached hydrogens (tertiary/aromatic N) is 2. The van der Waals surface area contributed by atoms with Crippen molar-refractivity contribution in [3.63, 3.8) is 0 Å². The first-order valence-corrected chi connectivity index (χ1v) is 7.61. The first-order chi connectivity index (χ1) is 12.0. The molecule has 1 saturated heterocycles. The van der Waals surface area contributed by atoms with Crippen molar-refractivity contribution in [1.82, 2.24) is 4.90 Å². The van der Waals surface area contributed by atoms with E-state index in [9.17, 15) is 19.3 Å². The number of carbonyl (C=O) groups excluding carboxylic acids is 1. The molecule has 1 fully saturated rings. The van der Waals surface area contributed by atoms with Crippen molar-refractivity contribution >= 4 is 11.8 Å². The molecule has 1 atom stereocenters. The number of ether oxygens (including phenoxy) is 2. The highest BCUT2D eigenvalue weighted by Gasteiger charge is 2.26. The maximum Gasteiger partial charge on any atom is 0.415 e. The molecule has 1 aliphatic heterocycles. The second-order valence-electron chi connectivity index (χ2n) is 5.48. The summed E-state index contributed by atoms with van der Waals surface area (Å²) in [5, 5.41) is 10.6. The zero-order valence-electron chi connectivity index (χ0n) is 13.1. The van der Waals surface area contributed by atoms with E-state index in [0.717, 1.165) is 5.56 Å². The van der Waals surface area contributed by atoms with E-state index in [1.165, 1.54) is 41.3 Å². The summed E-state index contributed by atoms with van der Waals surface area (Å²) in [6, 6.07) is 11.2. The van der Waals surface area contributed by atoms with Crippen LogP contribution in [0.2, 0.25) is 0 Å². The van der Waals surface area contributed by atoms with Crippen LogP contribution < -0.4 is 4.74 Å². The number of hydrogen-bond acceptors (Lipinski definition) is 5. The molecular weight excluding hydrogens is 331 g/mol. The monoisotopic (exact) mass is 346 g/mol. The van der Waals surface area contributed by atoms with Crippen LogP contribution in [0.5, 0.6) is 5.75 Å². The van der Waals surface area contributed by atoms with E-state index in [1.807, 2.05) is 0 Å². The van der Waals surface area contributed by atoms with Crippen LogP contribution in [-0.2, 0) is 4.74 Å². The van der Waals surface area contributed by atoms with Crippen molar-refractivity contribution in [3.8, 4) is 5.75 Å². The number of benzene rings is 2. The van der Waals surface area contributed by atoms with E-state index in [4.69, 9.17) is 9.47 Å². The van der Waals surface area contributed by atoms with Crippen LogP contribution in [0.15, 0.2) is 48.5 Å². The van der Waals surface area contributed by atoms with Crippen LogP contribution in [0, 0.1) is 15.9 Å². The molecule has 0 saturated carbocycles. The average Bonchev–Trinajstić information content (AvgIpc) is 2.63. The van der Waals surface area contributed by atoms with Gasteiger partial charge in [0.15, 0.2) is 0 Å². The summed E-state index contributed by atoms with van der Waals surface area (Å²) >= 11 is 0. The molecule has 1 aliphatic rings. The minimum atomic E-state index is -0.565. The predicted molar refractivity (Wildman–Crippen MR) is 85.8 cm³/mol. The third-order valence-corrected chi connectivity index (χ3v) is 3.82. The molecule has 0 aromatic heterocycles. The van der Waals surface area contributed by atoms with Gasteiger partial charge in [-0.1, -0.05) is 12.1 Å². The molecule has 2 aromatic rings. The lowest BCUT2D eigenvalue weighted by Crippen LogP contribution is -2.43. The summed E-state index contributed by atoms with van der Waals surface area (Å²) in [5.74, 6) is -0.116. The molecule has 1 amide bonds. The first-order valence-electron chi connectivity index (χ1n) is 7.61. The fraction of sp³-hybridized carbons (Fsp3) is 0.235. The van der Waals surface area contributed by atoms with Gasteiger partial charge in [-0.2, -0.15) is 0 Å². The third kappa shape index (κ3) is 4.10. The highest BCUT2D eigenvalue weighted by atomic mass is 19.1. The Morgan fingerprint density at radius 1 is 1.20 bits per heavy atom. The molecule has 0 bridgehead atoms. The Bertz CT molecular complexity index is 764. The number of halogens is 1. The summed E-state index contributed by atoms with van der Waals surface area (Å²) in [6.45, 7) is 0.971. The summed E-state index contributed by atoms with van der Waals surface area (Å²) in [6.07, 6.45) is -0.928. The highest BCUT2D eigenvalue weighted by Crippen LogP contribution is 2.24. The standard InChI is InChI=1S/C17H15FN2O5/c18-13-3-1-12(2-4-13)16-11-19(9-10-24-16)17(21)25-15-7-5-14(6-8-15)20(22)23/h1-8,16H,9-11H2/t16-/m0/s1. The van der Waals surface area contributed by atoms with Crippen molar-refractivity contribution in [2.45, 2.75) is 6.10 Å². The van der Waals surface area contributed by atoms with Crippen LogP contribution in [0.3, 0.4) is 0 Å². The summed E-state index contributed by atoms with van der Waals surface area (Å²) < 4.78 is 23.9. The molecule has 3 rings (SSSR count). The quantitative estimate of drug-likeness (QED) is 0.629. The summed E-state index contributed by atoms with van der Waals surface area (Å²) in [4.78, 5) is 23.9. The lowest BCUT2D eigenvalue weighted by molar-refractivity contribution is -0.384. The van der Waals surface area contributed by atoms with Gasteiger partial charge in [0, 0.05) is 18.7 Å². The van der Waals surface area contributed by atoms with Gasteiger partial charge in [-0.3, -0.25) is 10.1 Å². The Kier molecular flexibility index (Phi) is 4.90. The number of amides is 1. The first kappa shape index (κ1) is 16.8. The van der Waals surface area contributed by atoms with Crippen molar-refractivity contribution in [3.05, 3.63) is 70.0 Å². The number of morpholine rings is 1. The zero-order chi connectivity index (χ0) is 17.8. The number of nitro benzene ring substituents is 1. The lowest BCUT2D eigenvalue weighted by atomic mass is 10.1. The van der Waals surface area contributed by atoms with Crippen LogP contribution in [0.4, 0.5) is 14.9 Å². The number of rotatable bonds is 3. The molecule has 0 spiro atoms. The molecular formula is C17H15FN2O5. The molecule has 1 heterocycles. The molecule has 0 unspecified atom stereocenters. The van der Waals surface area contributed by atoms with Gasteiger partial charge in [0.25, 0.3) is 5.69 Å². The fourth-order valence-electron chi connectivity index (χ4n) is 2.50. The minimum Gasteiger partial charge on any atom is -0.410 e. The van der Waals surface area contributed by atoms with Crippen LogP contribution >= 0.6 is 0 Å². The van der Waals surface area contributed by atoms with Crippen LogP contribution in [0.25, 0.3) is 0 Å². The van der Waals surface area contributed by atoms with Crippen molar-refractivity contribution in [1.29, 1.82) is 0 Å². The van der Waals surface area contributed by atoms with Gasteiger partial charge in [-0.05, 0) is 29.8 Å². The Morgan fingerprint density at radius 2 is 1.88 bits per heavy atom. The summed E-state index contributed by atoms with van der Waals surface area (Å²) in [7, 11) is 0. The zero-order valence-corrected chi connectivity index (χ0v) is 13.1. The van der Waals surface area contributed by atoms with E-state index >= 15 is 0 Å². The lowest BCUT2D eigenvalue weighted by Gasteiger charge is -2.32. The van der Waals surface area contributed by atoms with E-state index in [0.29, 0.717) is 13.2 Å². The highest BCUT2D eigenvalue weighted by molar-refractivity contribution is 5.71. The topological polar surface area (TPSA) is 81.9 Å². The van der Waals surface area contributed by atoms with Gasteiger partial charge in [0.1, 0.15) is 17.7 Å². The average molecular weight is 346 g/mol. The molecule has 8 heteroatoms. The smallest absolute Gasteiger partial charge is 0.410 e. The third-order valence-electron chi connectivity index (χ3n) is 3.82. The fourth-order valence-corrected chi connectivity index (χ4v) is 2.50. The number of nitro groups is 1. The molecule has 7 nitrogen and oxygen atoms in total. The van der Waals surface area contributed by atoms with Crippen molar-refractivity contribution in [2.75, 3.05) is 19.7 Å². The van der Waals surface area contributed by atoms with Gasteiger partial charge >= 0.3 is 6.09 Å². The molecule has 130 valence electrons. The second-order valence-corrected chi connectivity index (χ2v) is 5.48. The van der Waals surface area contributed by atoms with Gasteiger partial charge in [-0.15, -0.1) is 0 Å². The maximum absolute atomic E-state index is 13.0. The minimum absolute atomic E-state index is 0.0810. The van der Waals surface area contributed by atoms with E-state index in [1.54, 1.807) is 12.1 Å². The second kappa shape index (κ2) is 7.27. The molecule has 0 N–H and O–H groups in total. The normalized spacial score (nSPS) is 17.2. The van der Waals surface area contributed by atoms with Gasteiger partial charge in [0.2, 0.25) is 0 Å². The molecule has 0 aliphatic carbocycles. The molecule has 2 aromatic carbocycles. The SMILES string of the molecule is O=C(Oc1ccc([N+](=O)[O-])cc1)N1CCO[C@H](c2ccc(F)cc2)C1. The predicted octanol–water partition coefficient (Wildman–Crippen LogP) is 3.31. The van der Waals surface area contributed by atoms with E-state index in [-0.39, 0.29) is 29.9 Å². The van der Waals surface area contributed by atoms with E-state index < -0.39 is 11.0 Å². The number of carbonyl (C=O) groups is 1. The van der Waals surface area contributed by atoms with Crippen LogP contribution in [0.1, 0.15) is 11.7 Å². The Balaban J connectivity index is 1.63. The Labute approximate surface area is 142 Å². The van der Waals surface area contributed by atoms with Gasteiger partial charge < -0.3 is 14.4 Å². The van der Waals surface area contributed by atoms with Gasteiger partial charge in [0.05, 0.1) is 18.1 Å². The molecule has 25 heavy (non-hydrogen) atoms. The van der Waals surface area contributed by atoms with Crippen molar-refractivity contribution in [2.24, 2.45) is 0 Å². The van der Waals surface area contributed by atoms with Crippen molar-refractivity contribution < 1.29 is 23.6 Å². The number of hydrogen-bond donors (Lipinski definition) is 0. The maximum atomic E-state index is 13.0. The van der Waals surface area contributed by atoms with Crippen LogP contribution in [-0.4, -0.2) is 35.6 Å².